The molecule has 0 aliphatic carbocycles. The first kappa shape index (κ1) is 62.3. The van der Waals surface area contributed by atoms with Gasteiger partial charge in [-0.25, -0.2) is 18.7 Å². The Morgan fingerprint density at radius 1 is 0.240 bits per heavy atom. The molecule has 0 fully saturated rings. The Morgan fingerprint density at radius 3 is 0.958 bits per heavy atom. The molecule has 0 aliphatic rings. The van der Waals surface area contributed by atoms with Crippen LogP contribution in [0.3, 0.4) is 0 Å². The van der Waals surface area contributed by atoms with E-state index < -0.39 is 0 Å². The van der Waals surface area contributed by atoms with E-state index in [9.17, 15) is 9.59 Å². The second-order valence-corrected chi connectivity index (χ2v) is 22.4. The maximum Gasteiger partial charge on any atom is 0.293 e. The molecule has 20 heteroatoms. The minimum absolute atomic E-state index is 0.151. The van der Waals surface area contributed by atoms with Crippen LogP contribution in [0.25, 0.3) is 89.2 Å². The van der Waals surface area contributed by atoms with Crippen molar-refractivity contribution in [2.45, 2.75) is 26.2 Å². The zero-order valence-corrected chi connectivity index (χ0v) is 53.0. The van der Waals surface area contributed by atoms with Crippen molar-refractivity contribution in [2.75, 3.05) is 0 Å². The molecule has 18 nitrogen and oxygen atoms in total. The van der Waals surface area contributed by atoms with Crippen molar-refractivity contribution in [1.82, 2.24) is 79.0 Å². The van der Waals surface area contributed by atoms with Crippen LogP contribution in [0.1, 0.15) is 22.3 Å². The number of hydrogen-bond acceptors (Lipinski definition) is 16. The molecule has 16 rings (SSSR count). The van der Waals surface area contributed by atoms with E-state index >= 15 is 0 Å². The third-order valence-electron chi connectivity index (χ3n) is 15.2. The molecule has 464 valence electrons. The molecule has 0 saturated carbocycles. The molecular weight excluding hydrogens is 1230 g/mol. The van der Waals surface area contributed by atoms with Gasteiger partial charge in [-0.3, -0.25) is 49.5 Å². The van der Waals surface area contributed by atoms with Crippen molar-refractivity contribution < 1.29 is 0 Å². The molecule has 96 heavy (non-hydrogen) atoms. The third-order valence-corrected chi connectivity index (χ3v) is 16.0. The fraction of sp³-hybridized carbons (Fsp3) is 0.0526. The molecule has 0 N–H and O–H groups in total. The monoisotopic (exact) mass is 1290 g/mol. The highest BCUT2D eigenvalue weighted by molar-refractivity contribution is 7.71. The van der Waals surface area contributed by atoms with Crippen LogP contribution in [-0.4, -0.2) is 79.0 Å². The van der Waals surface area contributed by atoms with Crippen molar-refractivity contribution in [2.24, 2.45) is 0 Å². The van der Waals surface area contributed by atoms with E-state index in [0.717, 1.165) is 72.5 Å². The maximum absolute atomic E-state index is 12.8. The molecular formula is C76H56N16O2S2. The Bertz CT molecular complexity index is 4870. The predicted molar refractivity (Wildman–Crippen MR) is 379 cm³/mol. The summed E-state index contributed by atoms with van der Waals surface area (Å²) in [7, 11) is 0. The molecule has 12 aromatic heterocycles. The van der Waals surface area contributed by atoms with E-state index in [0.29, 0.717) is 74.3 Å². The molecule has 0 saturated heterocycles. The minimum atomic E-state index is -0.200. The number of fused-ring (bicyclic) bond motifs is 4. The Balaban J connectivity index is 0.000000116. The Kier molecular flexibility index (Phi) is 19.4. The van der Waals surface area contributed by atoms with Crippen LogP contribution >= 0.6 is 24.4 Å². The second-order valence-electron chi connectivity index (χ2n) is 21.6. The summed E-state index contributed by atoms with van der Waals surface area (Å²) in [6, 6.07) is 77.6. The molecule has 0 unspecified atom stereocenters. The highest BCUT2D eigenvalue weighted by Gasteiger charge is 2.18. The molecule has 4 aromatic carbocycles. The number of aromatic nitrogens is 16. The number of nitrogens with zero attached hydrogens (tertiary/aromatic N) is 16. The highest BCUT2D eigenvalue weighted by Crippen LogP contribution is 2.28. The van der Waals surface area contributed by atoms with Crippen molar-refractivity contribution in [3.8, 4) is 45.6 Å². The number of benzene rings is 4. The quantitative estimate of drug-likeness (QED) is 0.104. The van der Waals surface area contributed by atoms with E-state index in [4.69, 9.17) is 34.6 Å². The predicted octanol–water partition coefficient (Wildman–Crippen LogP) is 14.3. The van der Waals surface area contributed by atoms with E-state index in [1.165, 1.54) is 9.36 Å². The average Bonchev–Trinajstić information content (AvgIpc) is 0.811. The summed E-state index contributed by atoms with van der Waals surface area (Å²) in [5.74, 6) is 0. The van der Waals surface area contributed by atoms with Gasteiger partial charge in [-0.2, -0.15) is 20.4 Å². The lowest BCUT2D eigenvalue weighted by atomic mass is 10.1. The smallest absolute Gasteiger partial charge is 0.267 e. The molecule has 0 atom stereocenters. The summed E-state index contributed by atoms with van der Waals surface area (Å²) in [5.41, 5.74) is 12.3. The minimum Gasteiger partial charge on any atom is -0.267 e. The van der Waals surface area contributed by atoms with Gasteiger partial charge in [-0.1, -0.05) is 170 Å². The molecule has 0 bridgehead atoms. The third kappa shape index (κ3) is 14.4. The molecule has 0 amide bonds. The second kappa shape index (κ2) is 29.8. The van der Waals surface area contributed by atoms with Gasteiger partial charge in [-0.15, -0.1) is 0 Å². The Labute approximate surface area is 560 Å². The molecule has 12 heterocycles. The van der Waals surface area contributed by atoms with Crippen LogP contribution in [0.4, 0.5) is 0 Å². The summed E-state index contributed by atoms with van der Waals surface area (Å²) < 4.78 is 7.91. The Hall–Kier alpha value is -12.5. The largest absolute Gasteiger partial charge is 0.293 e. The lowest BCUT2D eigenvalue weighted by Crippen LogP contribution is -2.25. The highest BCUT2D eigenvalue weighted by atomic mass is 32.1. The Morgan fingerprint density at radius 2 is 0.531 bits per heavy atom. The van der Waals surface area contributed by atoms with E-state index in [2.05, 4.69) is 74.3 Å². The van der Waals surface area contributed by atoms with Gasteiger partial charge in [0.25, 0.3) is 11.1 Å². The summed E-state index contributed by atoms with van der Waals surface area (Å²) in [5, 5.41) is 21.7. The van der Waals surface area contributed by atoms with Crippen molar-refractivity contribution in [3.05, 3.63) is 344 Å². The first-order valence-electron chi connectivity index (χ1n) is 30.6. The first-order valence-corrected chi connectivity index (χ1v) is 31.4. The van der Waals surface area contributed by atoms with Crippen LogP contribution in [0.5, 0.6) is 0 Å². The van der Waals surface area contributed by atoms with Crippen LogP contribution < -0.4 is 11.1 Å². The van der Waals surface area contributed by atoms with Gasteiger partial charge >= 0.3 is 0 Å². The lowest BCUT2D eigenvalue weighted by molar-refractivity contribution is 0.648. The van der Waals surface area contributed by atoms with Crippen LogP contribution in [-0.2, 0) is 26.2 Å². The normalized spacial score (nSPS) is 10.8. The fourth-order valence-electron chi connectivity index (χ4n) is 10.6. The topological polar surface area (TPSA) is 209 Å². The zero-order valence-electron chi connectivity index (χ0n) is 51.3. The van der Waals surface area contributed by atoms with Gasteiger partial charge in [0.2, 0.25) is 0 Å². The molecule has 16 aromatic rings. The van der Waals surface area contributed by atoms with Crippen molar-refractivity contribution in [1.29, 1.82) is 0 Å². The summed E-state index contributed by atoms with van der Waals surface area (Å²) in [6.07, 6.45) is 13.7. The number of rotatable bonds is 12. The first-order chi connectivity index (χ1) is 47.3. The van der Waals surface area contributed by atoms with Gasteiger partial charge in [-0.05, 0) is 119 Å². The van der Waals surface area contributed by atoms with Crippen molar-refractivity contribution in [3.63, 3.8) is 0 Å². The van der Waals surface area contributed by atoms with E-state index in [1.54, 1.807) is 67.8 Å². The molecule has 0 aliphatic heterocycles. The number of pyridine rings is 8. The number of hydrogen-bond donors (Lipinski definition) is 0. The van der Waals surface area contributed by atoms with E-state index in [1.807, 2.05) is 210 Å². The SMILES string of the molecule is O=c1c2cccnc2c(-c2ccccn2)nn1Cc1ccccc1.O=c1c2ncccc2c(-c2ccccn2)nn1Cc1ccccc1.S=c1c2cccnc2c(-c2ccccn2)nn1Cc1ccccc1.S=c1c2ncccc2c(-c2ccccn2)nn1Cc1ccccc1. The molecule has 0 spiro atoms. The molecule has 0 radical (unpaired) electrons. The van der Waals surface area contributed by atoms with E-state index in [-0.39, 0.29) is 11.1 Å². The van der Waals surface area contributed by atoms with Crippen LogP contribution in [0.15, 0.2) is 302 Å². The van der Waals surface area contributed by atoms with Gasteiger partial charge in [0.15, 0.2) is 0 Å². The standard InChI is InChI=1S/2C19H14N4O.2C19H14N4S/c24-19-15-9-6-12-21-17(15)18(16-10-4-5-11-20-16)22-23(19)13-14-7-2-1-3-8-14;24-19-18-15(9-6-12-21-18)17(16-10-4-5-11-20-16)22-23(19)13-14-7-2-1-3-8-14;24-19-15-9-6-12-21-17(15)18(16-10-4-5-11-20-16)22-23(19)13-14-7-2-1-3-8-14;24-19-18-15(9-6-12-21-18)17(16-10-4-5-11-20-16)22-23(19)13-14-7-2-1-3-8-14/h4*1-12H,13H2. The maximum atomic E-state index is 12.8. The summed E-state index contributed by atoms with van der Waals surface area (Å²) in [4.78, 5) is 60.7. The van der Waals surface area contributed by atoms with Gasteiger partial charge in [0.1, 0.15) is 54.1 Å². The zero-order chi connectivity index (χ0) is 65.4. The van der Waals surface area contributed by atoms with Gasteiger partial charge < -0.3 is 0 Å². The lowest BCUT2D eigenvalue weighted by Gasteiger charge is -2.11. The van der Waals surface area contributed by atoms with Gasteiger partial charge in [0, 0.05) is 65.7 Å². The summed E-state index contributed by atoms with van der Waals surface area (Å²) >= 11 is 11.3. The van der Waals surface area contributed by atoms with Crippen molar-refractivity contribution >= 4 is 68.0 Å². The van der Waals surface area contributed by atoms with Gasteiger partial charge in [0.05, 0.1) is 54.3 Å². The van der Waals surface area contributed by atoms with Crippen LogP contribution in [0.2, 0.25) is 0 Å². The summed E-state index contributed by atoms with van der Waals surface area (Å²) in [6.45, 7) is 2.02. The van der Waals surface area contributed by atoms with Crippen LogP contribution in [0, 0.1) is 9.28 Å². The fourth-order valence-corrected chi connectivity index (χ4v) is 11.2. The average molecular weight is 1290 g/mol.